The molecule has 0 aliphatic carbocycles. The molecule has 3 heterocycles. The third kappa shape index (κ3) is 3.83. The lowest BCUT2D eigenvalue weighted by atomic mass is 10.1. The number of aromatic nitrogens is 4. The molecule has 1 amide bonds. The molecule has 0 spiro atoms. The van der Waals surface area contributed by atoms with Gasteiger partial charge in [-0.15, -0.1) is 0 Å². The standard InChI is InChI=1S/C22H19ClN8O2/c1-12-26-11-31(28-12)15-3-4-16(18(23)9-15)22(32)27-13-5-6-30(10-13)19-8-14(25-2)7-17-20(19)33-29-21(17)24/h3-4,7-9,11,13H,5-6,10H2,1H3,(H2,24,29)(H,27,32)/t13-/m1/s1. The largest absolute Gasteiger partial charge is 0.380 e. The van der Waals surface area contributed by atoms with Crippen molar-refractivity contribution in [3.63, 3.8) is 0 Å². The third-order valence-electron chi connectivity index (χ3n) is 5.63. The lowest BCUT2D eigenvalue weighted by Gasteiger charge is -2.19. The molecule has 1 saturated heterocycles. The molecule has 0 bridgehead atoms. The van der Waals surface area contributed by atoms with Gasteiger partial charge in [-0.25, -0.2) is 14.5 Å². The average molecular weight is 463 g/mol. The molecule has 1 fully saturated rings. The Kier molecular flexibility index (Phi) is 5.11. The van der Waals surface area contributed by atoms with Crippen LogP contribution in [0.3, 0.4) is 0 Å². The van der Waals surface area contributed by atoms with Crippen molar-refractivity contribution in [3.8, 4) is 5.69 Å². The molecule has 166 valence electrons. The molecular formula is C22H19ClN8O2. The second kappa shape index (κ2) is 8.11. The number of hydrogen-bond acceptors (Lipinski definition) is 7. The number of nitrogens with zero attached hydrogens (tertiary/aromatic N) is 6. The number of rotatable bonds is 4. The van der Waals surface area contributed by atoms with Gasteiger partial charge in [0.05, 0.1) is 33.9 Å². The van der Waals surface area contributed by atoms with Crippen LogP contribution in [0.1, 0.15) is 22.6 Å². The summed E-state index contributed by atoms with van der Waals surface area (Å²) in [5.74, 6) is 0.642. The van der Waals surface area contributed by atoms with Gasteiger partial charge in [0.15, 0.2) is 17.1 Å². The number of aryl methyl sites for hydroxylation is 1. The van der Waals surface area contributed by atoms with Gasteiger partial charge in [-0.2, -0.15) is 5.10 Å². The molecule has 1 atom stereocenters. The van der Waals surface area contributed by atoms with Crippen LogP contribution >= 0.6 is 11.6 Å². The smallest absolute Gasteiger partial charge is 0.253 e. The minimum absolute atomic E-state index is 0.0990. The molecule has 5 rings (SSSR count). The first-order valence-electron chi connectivity index (χ1n) is 10.2. The Bertz CT molecular complexity index is 1420. The molecule has 33 heavy (non-hydrogen) atoms. The summed E-state index contributed by atoms with van der Waals surface area (Å²) in [6, 6.07) is 8.46. The zero-order chi connectivity index (χ0) is 23.1. The topological polar surface area (TPSA) is 119 Å². The lowest BCUT2D eigenvalue weighted by Crippen LogP contribution is -2.37. The Hall–Kier alpha value is -4.10. The summed E-state index contributed by atoms with van der Waals surface area (Å²) in [4.78, 5) is 22.6. The molecule has 3 N–H and O–H groups in total. The number of benzene rings is 2. The van der Waals surface area contributed by atoms with E-state index in [0.29, 0.717) is 46.2 Å². The predicted molar refractivity (Wildman–Crippen MR) is 124 cm³/mol. The van der Waals surface area contributed by atoms with Crippen LogP contribution in [0.2, 0.25) is 5.02 Å². The molecule has 1 aliphatic rings. The fourth-order valence-corrected chi connectivity index (χ4v) is 4.25. The van der Waals surface area contributed by atoms with E-state index in [-0.39, 0.29) is 17.8 Å². The van der Waals surface area contributed by atoms with E-state index in [2.05, 4.69) is 30.3 Å². The Labute approximate surface area is 193 Å². The van der Waals surface area contributed by atoms with Crippen LogP contribution in [0.15, 0.2) is 41.2 Å². The predicted octanol–water partition coefficient (Wildman–Crippen LogP) is 3.51. The van der Waals surface area contributed by atoms with Crippen molar-refractivity contribution in [2.45, 2.75) is 19.4 Å². The molecule has 1 aliphatic heterocycles. The normalized spacial score (nSPS) is 15.7. The van der Waals surface area contributed by atoms with Gasteiger partial charge in [-0.1, -0.05) is 16.8 Å². The number of nitrogens with one attached hydrogen (secondary N) is 1. The van der Waals surface area contributed by atoms with Crippen LogP contribution in [-0.4, -0.2) is 45.0 Å². The number of nitrogens with two attached hydrogens (primary N) is 1. The summed E-state index contributed by atoms with van der Waals surface area (Å²) in [7, 11) is 0. The monoisotopic (exact) mass is 462 g/mol. The van der Waals surface area contributed by atoms with Crippen molar-refractivity contribution < 1.29 is 9.32 Å². The van der Waals surface area contributed by atoms with Crippen molar-refractivity contribution in [2.75, 3.05) is 23.7 Å². The van der Waals surface area contributed by atoms with Crippen LogP contribution in [0.25, 0.3) is 21.5 Å². The van der Waals surface area contributed by atoms with E-state index in [4.69, 9.17) is 28.4 Å². The number of anilines is 2. The first-order valence-corrected chi connectivity index (χ1v) is 10.6. The third-order valence-corrected chi connectivity index (χ3v) is 5.94. The van der Waals surface area contributed by atoms with Gasteiger partial charge >= 0.3 is 0 Å². The number of fused-ring (bicyclic) bond motifs is 1. The van der Waals surface area contributed by atoms with E-state index in [1.165, 1.54) is 0 Å². The average Bonchev–Trinajstić information content (AvgIpc) is 3.54. The molecule has 0 radical (unpaired) electrons. The van der Waals surface area contributed by atoms with Gasteiger partial charge in [0.2, 0.25) is 0 Å². The minimum Gasteiger partial charge on any atom is -0.380 e. The Morgan fingerprint density at radius 2 is 2.21 bits per heavy atom. The summed E-state index contributed by atoms with van der Waals surface area (Å²) in [6.07, 6.45) is 2.32. The van der Waals surface area contributed by atoms with Gasteiger partial charge in [-0.05, 0) is 43.7 Å². The van der Waals surface area contributed by atoms with Gasteiger partial charge in [0.25, 0.3) is 5.91 Å². The SMILES string of the molecule is [C-]#[N+]c1cc(N2CC[C@@H](NC(=O)c3ccc(-n4cnc(C)n4)cc3Cl)C2)c2onc(N)c2c1. The van der Waals surface area contributed by atoms with Crippen molar-refractivity contribution >= 4 is 45.7 Å². The van der Waals surface area contributed by atoms with E-state index < -0.39 is 0 Å². The summed E-state index contributed by atoms with van der Waals surface area (Å²) >= 11 is 6.40. The highest BCUT2D eigenvalue weighted by molar-refractivity contribution is 6.34. The van der Waals surface area contributed by atoms with E-state index in [0.717, 1.165) is 17.8 Å². The highest BCUT2D eigenvalue weighted by Gasteiger charge is 2.28. The van der Waals surface area contributed by atoms with Gasteiger partial charge < -0.3 is 20.5 Å². The summed E-state index contributed by atoms with van der Waals surface area (Å²) in [5, 5.41) is 12.1. The summed E-state index contributed by atoms with van der Waals surface area (Å²) in [6.45, 7) is 10.4. The van der Waals surface area contributed by atoms with Crippen molar-refractivity contribution in [1.29, 1.82) is 0 Å². The minimum atomic E-state index is -0.253. The number of carbonyl (C=O) groups is 1. The molecular weight excluding hydrogens is 444 g/mol. The van der Waals surface area contributed by atoms with Crippen LogP contribution in [0.5, 0.6) is 0 Å². The number of amides is 1. The molecule has 4 aromatic rings. The van der Waals surface area contributed by atoms with Crippen LogP contribution in [0.4, 0.5) is 17.2 Å². The molecule has 10 nitrogen and oxygen atoms in total. The Morgan fingerprint density at radius 3 is 2.94 bits per heavy atom. The number of hydrogen-bond donors (Lipinski definition) is 2. The van der Waals surface area contributed by atoms with Crippen molar-refractivity contribution in [1.82, 2.24) is 25.2 Å². The first-order chi connectivity index (χ1) is 15.9. The number of carbonyl (C=O) groups excluding carboxylic acids is 1. The van der Waals surface area contributed by atoms with Crippen LogP contribution in [0, 0.1) is 13.5 Å². The molecule has 0 unspecified atom stereocenters. The maximum atomic E-state index is 12.9. The van der Waals surface area contributed by atoms with Gasteiger partial charge in [0, 0.05) is 19.1 Å². The Balaban J connectivity index is 1.32. The zero-order valence-corrected chi connectivity index (χ0v) is 18.4. The number of nitrogen functional groups attached to an aromatic ring is 1. The molecule has 2 aromatic carbocycles. The zero-order valence-electron chi connectivity index (χ0n) is 17.6. The van der Waals surface area contributed by atoms with E-state index in [1.54, 1.807) is 48.3 Å². The molecule has 11 heteroatoms. The van der Waals surface area contributed by atoms with E-state index >= 15 is 0 Å². The van der Waals surface area contributed by atoms with Gasteiger partial charge in [-0.3, -0.25) is 4.79 Å². The van der Waals surface area contributed by atoms with E-state index in [1.807, 2.05) is 0 Å². The van der Waals surface area contributed by atoms with Crippen LogP contribution in [-0.2, 0) is 0 Å². The number of halogens is 1. The summed E-state index contributed by atoms with van der Waals surface area (Å²) in [5.41, 5.74) is 8.72. The van der Waals surface area contributed by atoms with Crippen molar-refractivity contribution in [3.05, 3.63) is 64.5 Å². The second-order valence-electron chi connectivity index (χ2n) is 7.83. The van der Waals surface area contributed by atoms with Crippen molar-refractivity contribution in [2.24, 2.45) is 0 Å². The molecule has 0 saturated carbocycles. The fraction of sp³-hybridized carbons (Fsp3) is 0.227. The maximum Gasteiger partial charge on any atom is 0.253 e. The first kappa shape index (κ1) is 20.8. The van der Waals surface area contributed by atoms with E-state index in [9.17, 15) is 4.79 Å². The van der Waals surface area contributed by atoms with Gasteiger partial charge in [0.1, 0.15) is 12.2 Å². The highest BCUT2D eigenvalue weighted by Crippen LogP contribution is 2.36. The lowest BCUT2D eigenvalue weighted by molar-refractivity contribution is 0.0940. The molecule has 2 aromatic heterocycles. The fourth-order valence-electron chi connectivity index (χ4n) is 3.99. The quantitative estimate of drug-likeness (QED) is 0.445. The Morgan fingerprint density at radius 1 is 1.36 bits per heavy atom. The maximum absolute atomic E-state index is 12.9. The highest BCUT2D eigenvalue weighted by atomic mass is 35.5. The second-order valence-corrected chi connectivity index (χ2v) is 8.23. The summed E-state index contributed by atoms with van der Waals surface area (Å²) < 4.78 is 7.01. The van der Waals surface area contributed by atoms with Crippen LogP contribution < -0.4 is 16.0 Å².